The average Bonchev–Trinajstić information content (AvgIpc) is 2.97. The lowest BCUT2D eigenvalue weighted by Crippen LogP contribution is -2.39. The second-order valence-corrected chi connectivity index (χ2v) is 10.6. The Labute approximate surface area is 227 Å². The van der Waals surface area contributed by atoms with Crippen molar-refractivity contribution in [3.8, 4) is 11.1 Å². The zero-order chi connectivity index (χ0) is 26.5. The molecule has 196 valence electrons. The van der Waals surface area contributed by atoms with Crippen molar-refractivity contribution >= 4 is 11.8 Å². The van der Waals surface area contributed by atoms with Gasteiger partial charge in [-0.15, -0.1) is 0 Å². The Hall–Kier alpha value is -3.20. The van der Waals surface area contributed by atoms with Crippen molar-refractivity contribution in [2.45, 2.75) is 43.6 Å². The number of aliphatic hydroxyl groups is 1. The van der Waals surface area contributed by atoms with Crippen LogP contribution in [-0.4, -0.2) is 17.0 Å². The Bertz CT molecular complexity index is 1360. The fourth-order valence-electron chi connectivity index (χ4n) is 4.74. The Morgan fingerprint density at radius 3 is 2.37 bits per heavy atom. The molecule has 1 aliphatic rings. The standard InChI is InChI=1S/C31H32N2O4S/c1-21-28(20-38-29-10-2-3-15-33(29)35)36-31(37-30(21)24-13-11-22(19-34)12-14-24)27-9-5-8-26(17-27)25-7-4-6-23(16-25)18-32/h2-17,21,28,30-31,34H,18-20,32H2,1H3. The van der Waals surface area contributed by atoms with Crippen molar-refractivity contribution in [1.29, 1.82) is 0 Å². The molecule has 5 rings (SSSR count). The quantitative estimate of drug-likeness (QED) is 0.178. The Morgan fingerprint density at radius 2 is 1.63 bits per heavy atom. The monoisotopic (exact) mass is 528 g/mol. The number of aliphatic hydroxyl groups excluding tert-OH is 1. The van der Waals surface area contributed by atoms with E-state index in [1.807, 2.05) is 60.7 Å². The molecule has 1 aromatic heterocycles. The first-order chi connectivity index (χ1) is 18.6. The minimum absolute atomic E-state index is 0.00320. The molecule has 3 aromatic carbocycles. The van der Waals surface area contributed by atoms with Gasteiger partial charge in [0.15, 0.2) is 12.5 Å². The largest absolute Gasteiger partial charge is 0.618 e. The maximum absolute atomic E-state index is 12.2. The van der Waals surface area contributed by atoms with Crippen LogP contribution in [0.25, 0.3) is 11.1 Å². The molecule has 0 radical (unpaired) electrons. The topological polar surface area (TPSA) is 91.7 Å². The molecule has 4 atom stereocenters. The van der Waals surface area contributed by atoms with E-state index in [4.69, 9.17) is 15.2 Å². The molecule has 1 saturated heterocycles. The molecular formula is C31H32N2O4S. The van der Waals surface area contributed by atoms with Crippen LogP contribution in [0.1, 0.15) is 41.6 Å². The number of thioether (sulfide) groups is 1. The summed E-state index contributed by atoms with van der Waals surface area (Å²) in [5.41, 5.74) is 11.9. The molecule has 38 heavy (non-hydrogen) atoms. The molecule has 1 fully saturated rings. The van der Waals surface area contributed by atoms with Crippen LogP contribution in [0.2, 0.25) is 0 Å². The molecule has 0 amide bonds. The molecule has 2 heterocycles. The van der Waals surface area contributed by atoms with Crippen LogP contribution < -0.4 is 10.5 Å². The minimum Gasteiger partial charge on any atom is -0.618 e. The zero-order valence-corrected chi connectivity index (χ0v) is 22.1. The predicted octanol–water partition coefficient (Wildman–Crippen LogP) is 5.52. The molecule has 4 aromatic rings. The Balaban J connectivity index is 1.44. The van der Waals surface area contributed by atoms with Crippen LogP contribution >= 0.6 is 11.8 Å². The molecule has 1 aliphatic heterocycles. The summed E-state index contributed by atoms with van der Waals surface area (Å²) < 4.78 is 14.1. The predicted molar refractivity (Wildman–Crippen MR) is 149 cm³/mol. The van der Waals surface area contributed by atoms with E-state index in [1.54, 1.807) is 6.07 Å². The summed E-state index contributed by atoms with van der Waals surface area (Å²) in [6.07, 6.45) is 0.556. The zero-order valence-electron chi connectivity index (χ0n) is 21.3. The Kier molecular flexibility index (Phi) is 8.42. The van der Waals surface area contributed by atoms with E-state index < -0.39 is 6.29 Å². The number of nitrogens with two attached hydrogens (primary N) is 1. The normalized spacial score (nSPS) is 21.3. The maximum atomic E-state index is 12.2. The number of aromatic nitrogens is 1. The van der Waals surface area contributed by atoms with Crippen molar-refractivity contribution in [2.24, 2.45) is 11.7 Å². The highest BCUT2D eigenvalue weighted by Gasteiger charge is 2.38. The molecule has 4 unspecified atom stereocenters. The summed E-state index contributed by atoms with van der Waals surface area (Å²) in [7, 11) is 0. The Morgan fingerprint density at radius 1 is 0.868 bits per heavy atom. The lowest BCUT2D eigenvalue weighted by Gasteiger charge is -2.41. The summed E-state index contributed by atoms with van der Waals surface area (Å²) in [5, 5.41) is 22.4. The number of ether oxygens (including phenoxy) is 2. The van der Waals surface area contributed by atoms with E-state index in [0.29, 0.717) is 17.3 Å². The number of nitrogens with zero attached hydrogens (tertiary/aromatic N) is 1. The van der Waals surface area contributed by atoms with E-state index in [-0.39, 0.29) is 24.7 Å². The van der Waals surface area contributed by atoms with Crippen molar-refractivity contribution in [3.63, 3.8) is 0 Å². The fourth-order valence-corrected chi connectivity index (χ4v) is 5.82. The van der Waals surface area contributed by atoms with Gasteiger partial charge in [-0.1, -0.05) is 79.3 Å². The highest BCUT2D eigenvalue weighted by Crippen LogP contribution is 2.43. The van der Waals surface area contributed by atoms with Crippen LogP contribution in [0, 0.1) is 11.1 Å². The molecule has 0 bridgehead atoms. The van der Waals surface area contributed by atoms with E-state index in [9.17, 15) is 10.3 Å². The van der Waals surface area contributed by atoms with Crippen molar-refractivity contribution < 1.29 is 19.3 Å². The third-order valence-electron chi connectivity index (χ3n) is 6.96. The van der Waals surface area contributed by atoms with Crippen LogP contribution in [0.3, 0.4) is 0 Å². The molecule has 6 nitrogen and oxygen atoms in total. The van der Waals surface area contributed by atoms with Gasteiger partial charge in [-0.3, -0.25) is 0 Å². The second kappa shape index (κ2) is 12.1. The van der Waals surface area contributed by atoms with Gasteiger partial charge in [0.05, 0.1) is 18.8 Å². The van der Waals surface area contributed by atoms with E-state index >= 15 is 0 Å². The highest BCUT2D eigenvalue weighted by atomic mass is 32.2. The van der Waals surface area contributed by atoms with Gasteiger partial charge in [0.25, 0.3) is 5.03 Å². The van der Waals surface area contributed by atoms with Crippen molar-refractivity contribution in [1.82, 2.24) is 0 Å². The first-order valence-corrected chi connectivity index (χ1v) is 13.7. The SMILES string of the molecule is CC1C(CSc2cccc[n+]2[O-])OC(c2cccc(-c3cccc(CN)c3)c2)OC1c1ccc(CO)cc1. The van der Waals surface area contributed by atoms with Gasteiger partial charge < -0.3 is 25.5 Å². The minimum atomic E-state index is -0.577. The number of benzene rings is 3. The summed E-state index contributed by atoms with van der Waals surface area (Å²) in [6.45, 7) is 2.61. The number of pyridine rings is 1. The number of rotatable bonds is 8. The smallest absolute Gasteiger partial charge is 0.251 e. The molecule has 3 N–H and O–H groups in total. The van der Waals surface area contributed by atoms with Crippen LogP contribution in [0.15, 0.2) is 102 Å². The third-order valence-corrected chi connectivity index (χ3v) is 8.07. The van der Waals surface area contributed by atoms with Crippen LogP contribution in [-0.2, 0) is 22.6 Å². The van der Waals surface area contributed by atoms with E-state index in [1.165, 1.54) is 18.0 Å². The first kappa shape index (κ1) is 26.4. The lowest BCUT2D eigenvalue weighted by atomic mass is 9.91. The van der Waals surface area contributed by atoms with Gasteiger partial charge >= 0.3 is 0 Å². The highest BCUT2D eigenvalue weighted by molar-refractivity contribution is 7.99. The maximum Gasteiger partial charge on any atom is 0.251 e. The fraction of sp³-hybridized carbons (Fsp3) is 0.258. The van der Waals surface area contributed by atoms with Crippen LogP contribution in [0.5, 0.6) is 0 Å². The number of hydrogen-bond acceptors (Lipinski definition) is 6. The second-order valence-electron chi connectivity index (χ2n) is 9.53. The summed E-state index contributed by atoms with van der Waals surface area (Å²) in [4.78, 5) is 0. The molecule has 0 aliphatic carbocycles. The molecule has 0 saturated carbocycles. The van der Waals surface area contributed by atoms with Gasteiger partial charge in [-0.2, -0.15) is 4.73 Å². The number of hydrogen-bond donors (Lipinski definition) is 2. The van der Waals surface area contributed by atoms with Gasteiger partial charge in [0.1, 0.15) is 0 Å². The van der Waals surface area contributed by atoms with Gasteiger partial charge in [-0.25, -0.2) is 0 Å². The van der Waals surface area contributed by atoms with E-state index in [0.717, 1.165) is 38.1 Å². The first-order valence-electron chi connectivity index (χ1n) is 12.8. The van der Waals surface area contributed by atoms with Crippen molar-refractivity contribution in [3.05, 3.63) is 125 Å². The molecule has 7 heteroatoms. The molecular weight excluding hydrogens is 496 g/mol. The average molecular weight is 529 g/mol. The molecule has 0 spiro atoms. The summed E-state index contributed by atoms with van der Waals surface area (Å²) in [5.74, 6) is 0.642. The third kappa shape index (κ3) is 5.93. The van der Waals surface area contributed by atoms with Gasteiger partial charge in [0.2, 0.25) is 0 Å². The summed E-state index contributed by atoms with van der Waals surface area (Å²) in [6, 6.07) is 29.7. The summed E-state index contributed by atoms with van der Waals surface area (Å²) >= 11 is 1.49. The van der Waals surface area contributed by atoms with Gasteiger partial charge in [-0.05, 0) is 46.0 Å². The van der Waals surface area contributed by atoms with Gasteiger partial charge in [0, 0.05) is 35.9 Å². The lowest BCUT2D eigenvalue weighted by molar-refractivity contribution is -0.645. The van der Waals surface area contributed by atoms with Crippen molar-refractivity contribution in [2.75, 3.05) is 5.75 Å². The van der Waals surface area contributed by atoms with E-state index in [2.05, 4.69) is 31.2 Å². The van der Waals surface area contributed by atoms with Crippen LogP contribution in [0.4, 0.5) is 0 Å².